The molecule has 0 aromatic heterocycles. The Labute approximate surface area is 135 Å². The predicted molar refractivity (Wildman–Crippen MR) is 76.5 cm³/mol. The standard InChI is InChI=1S/C14H11NO8S/c16-11-3-1-7(5-9(11)13(18)19)15-24(22,23)8-2-4-12(17)10(6-8)14(20)21/h1-6,15-17H,(H,18,19)(H,20,21)/p-2. The second-order valence-corrected chi connectivity index (χ2v) is 6.27. The predicted octanol–water partition coefficient (Wildman–Crippen LogP) is 0.0310. The molecule has 24 heavy (non-hydrogen) atoms. The molecule has 10 heteroatoms. The summed E-state index contributed by atoms with van der Waals surface area (Å²) >= 11 is 0. The lowest BCUT2D eigenvalue weighted by Crippen LogP contribution is -2.15. The zero-order valence-corrected chi connectivity index (χ0v) is 12.5. The third kappa shape index (κ3) is 3.38. The summed E-state index contributed by atoms with van der Waals surface area (Å²) in [7, 11) is -4.29. The molecule has 3 N–H and O–H groups in total. The highest BCUT2D eigenvalue weighted by atomic mass is 32.2. The Morgan fingerprint density at radius 3 is 1.92 bits per heavy atom. The van der Waals surface area contributed by atoms with Gasteiger partial charge in [0, 0.05) is 5.69 Å². The summed E-state index contributed by atoms with van der Waals surface area (Å²) in [6.07, 6.45) is 0. The van der Waals surface area contributed by atoms with E-state index in [2.05, 4.69) is 0 Å². The smallest absolute Gasteiger partial charge is 0.335 e. The molecule has 2 rings (SSSR count). The number of sulfonamides is 1. The van der Waals surface area contributed by atoms with Crippen molar-refractivity contribution in [2.75, 3.05) is 4.72 Å². The van der Waals surface area contributed by atoms with Crippen LogP contribution in [-0.2, 0) is 10.0 Å². The van der Waals surface area contributed by atoms with E-state index in [1.807, 2.05) is 4.72 Å². The van der Waals surface area contributed by atoms with E-state index in [0.29, 0.717) is 6.07 Å². The minimum Gasteiger partial charge on any atom is -0.872 e. The minimum absolute atomic E-state index is 0.199. The van der Waals surface area contributed by atoms with Crippen molar-refractivity contribution in [3.8, 4) is 11.5 Å². The topological polar surface area (TPSA) is 167 Å². The highest BCUT2D eigenvalue weighted by Gasteiger charge is 2.17. The second kappa shape index (κ2) is 6.08. The maximum absolute atomic E-state index is 12.2. The molecule has 0 heterocycles. The summed E-state index contributed by atoms with van der Waals surface area (Å²) in [6, 6.07) is 5.17. The first-order chi connectivity index (χ1) is 11.1. The van der Waals surface area contributed by atoms with Crippen LogP contribution in [0, 0.1) is 0 Å². The molecule has 0 spiro atoms. The highest BCUT2D eigenvalue weighted by molar-refractivity contribution is 7.92. The van der Waals surface area contributed by atoms with Gasteiger partial charge in [-0.25, -0.2) is 18.0 Å². The van der Waals surface area contributed by atoms with Gasteiger partial charge in [0.05, 0.1) is 16.0 Å². The van der Waals surface area contributed by atoms with Crippen LogP contribution in [0.4, 0.5) is 5.69 Å². The quantitative estimate of drug-likeness (QED) is 0.678. The average molecular weight is 351 g/mol. The summed E-state index contributed by atoms with van der Waals surface area (Å²) < 4.78 is 26.5. The van der Waals surface area contributed by atoms with E-state index in [9.17, 15) is 28.2 Å². The van der Waals surface area contributed by atoms with Crippen LogP contribution >= 0.6 is 0 Å². The van der Waals surface area contributed by atoms with Crippen molar-refractivity contribution in [3.05, 3.63) is 47.5 Å². The van der Waals surface area contributed by atoms with Gasteiger partial charge in [-0.15, -0.1) is 0 Å². The van der Waals surface area contributed by atoms with Crippen molar-refractivity contribution in [1.29, 1.82) is 0 Å². The van der Waals surface area contributed by atoms with Crippen molar-refractivity contribution in [3.63, 3.8) is 0 Å². The number of carbonyl (C=O) groups is 2. The Bertz CT molecular complexity index is 936. The van der Waals surface area contributed by atoms with Crippen LogP contribution in [-0.4, -0.2) is 30.6 Å². The molecule has 0 bridgehead atoms. The third-order valence-electron chi connectivity index (χ3n) is 2.95. The van der Waals surface area contributed by atoms with E-state index in [1.54, 1.807) is 0 Å². The van der Waals surface area contributed by atoms with E-state index >= 15 is 0 Å². The van der Waals surface area contributed by atoms with Crippen LogP contribution in [0.15, 0.2) is 41.3 Å². The van der Waals surface area contributed by atoms with Gasteiger partial charge in [-0.05, 0) is 24.3 Å². The van der Waals surface area contributed by atoms with Gasteiger partial charge in [0.25, 0.3) is 10.0 Å². The monoisotopic (exact) mass is 351 g/mol. The second-order valence-electron chi connectivity index (χ2n) is 4.58. The molecule has 2 aromatic rings. The Morgan fingerprint density at radius 1 is 0.875 bits per heavy atom. The minimum atomic E-state index is -4.29. The van der Waals surface area contributed by atoms with Gasteiger partial charge < -0.3 is 20.4 Å². The van der Waals surface area contributed by atoms with Crippen LogP contribution < -0.4 is 14.9 Å². The summed E-state index contributed by atoms with van der Waals surface area (Å²) in [5.41, 5.74) is -1.55. The lowest BCUT2D eigenvalue weighted by atomic mass is 10.2. The van der Waals surface area contributed by atoms with Gasteiger partial charge >= 0.3 is 11.9 Å². The first-order valence-electron chi connectivity index (χ1n) is 6.23. The van der Waals surface area contributed by atoms with Gasteiger partial charge in [-0.1, -0.05) is 23.6 Å². The molecule has 0 aliphatic heterocycles. The largest absolute Gasteiger partial charge is 0.872 e. The zero-order chi connectivity index (χ0) is 18.1. The molecule has 0 saturated carbocycles. The number of hydrogen-bond acceptors (Lipinski definition) is 6. The van der Waals surface area contributed by atoms with Gasteiger partial charge in [-0.3, -0.25) is 4.72 Å². The van der Waals surface area contributed by atoms with Gasteiger partial charge in [-0.2, -0.15) is 0 Å². The third-order valence-corrected chi connectivity index (χ3v) is 4.33. The number of hydrogen-bond donors (Lipinski definition) is 3. The number of benzene rings is 2. The normalized spacial score (nSPS) is 11.0. The lowest BCUT2D eigenvalue weighted by molar-refractivity contribution is -0.269. The molecule has 0 fully saturated rings. The molecule has 0 aliphatic carbocycles. The fraction of sp³-hybridized carbons (Fsp3) is 0. The average Bonchev–Trinajstić information content (AvgIpc) is 2.48. The number of carboxylic acid groups (broad SMARTS) is 2. The summed E-state index contributed by atoms with van der Waals surface area (Å²) in [5, 5.41) is 40.4. The Balaban J connectivity index is 2.42. The maximum atomic E-state index is 12.2. The number of nitrogens with one attached hydrogen (secondary N) is 1. The number of aromatic carboxylic acids is 2. The number of carboxylic acids is 2. The molecule has 0 aliphatic rings. The van der Waals surface area contributed by atoms with Gasteiger partial charge in [0.15, 0.2) is 0 Å². The Hall–Kier alpha value is -3.27. The lowest BCUT2D eigenvalue weighted by Gasteiger charge is -2.15. The van der Waals surface area contributed by atoms with E-state index in [0.717, 1.165) is 30.3 Å². The van der Waals surface area contributed by atoms with Crippen LogP contribution in [0.1, 0.15) is 20.7 Å². The van der Waals surface area contributed by atoms with Crippen molar-refractivity contribution in [2.24, 2.45) is 0 Å². The Kier molecular flexibility index (Phi) is 4.33. The highest BCUT2D eigenvalue weighted by Crippen LogP contribution is 2.24. The van der Waals surface area contributed by atoms with Crippen LogP contribution in [0.5, 0.6) is 11.5 Å². The molecule has 2 aromatic carbocycles. The van der Waals surface area contributed by atoms with E-state index in [-0.39, 0.29) is 5.69 Å². The van der Waals surface area contributed by atoms with Gasteiger partial charge in [0.2, 0.25) is 0 Å². The molecule has 126 valence electrons. The van der Waals surface area contributed by atoms with Crippen molar-refractivity contribution < 1.29 is 38.4 Å². The first kappa shape index (κ1) is 17.1. The zero-order valence-electron chi connectivity index (χ0n) is 11.7. The van der Waals surface area contributed by atoms with Crippen LogP contribution in [0.3, 0.4) is 0 Å². The molecule has 0 unspecified atom stereocenters. The molecular formula is C14H9NO8S-2. The summed E-state index contributed by atoms with van der Waals surface area (Å²) in [4.78, 5) is 21.3. The first-order valence-corrected chi connectivity index (χ1v) is 7.71. The molecule has 0 atom stereocenters. The van der Waals surface area contributed by atoms with Crippen LogP contribution in [0.25, 0.3) is 0 Å². The number of anilines is 1. The summed E-state index contributed by atoms with van der Waals surface area (Å²) in [5.74, 6) is -4.76. The fourth-order valence-corrected chi connectivity index (χ4v) is 2.89. The SMILES string of the molecule is O=C(O)c1cc(NS(=O)(=O)c2ccc([O-])c(C(=O)O)c2)ccc1[O-]. The molecule has 9 nitrogen and oxygen atoms in total. The maximum Gasteiger partial charge on any atom is 0.335 e. The van der Waals surface area contributed by atoms with Crippen molar-refractivity contribution >= 4 is 27.6 Å². The van der Waals surface area contributed by atoms with E-state index in [4.69, 9.17) is 10.2 Å². The Morgan fingerprint density at radius 2 is 1.38 bits per heavy atom. The molecule has 0 amide bonds. The van der Waals surface area contributed by atoms with Crippen molar-refractivity contribution in [1.82, 2.24) is 0 Å². The molecular weight excluding hydrogens is 342 g/mol. The van der Waals surface area contributed by atoms with Crippen LogP contribution in [0.2, 0.25) is 0 Å². The fourth-order valence-electron chi connectivity index (χ4n) is 1.82. The molecule has 0 radical (unpaired) electrons. The van der Waals surface area contributed by atoms with Crippen molar-refractivity contribution in [2.45, 2.75) is 4.90 Å². The van der Waals surface area contributed by atoms with E-state index in [1.165, 1.54) is 0 Å². The molecule has 0 saturated heterocycles. The van der Waals surface area contributed by atoms with Gasteiger partial charge in [0.1, 0.15) is 0 Å². The summed E-state index contributed by atoms with van der Waals surface area (Å²) in [6.45, 7) is 0. The van der Waals surface area contributed by atoms with E-state index < -0.39 is 49.5 Å². The number of rotatable bonds is 5.